The van der Waals surface area contributed by atoms with Crippen molar-refractivity contribution < 1.29 is 23.3 Å². The molecule has 3 aromatic rings. The highest BCUT2D eigenvalue weighted by molar-refractivity contribution is 7.80. The summed E-state index contributed by atoms with van der Waals surface area (Å²) in [4.78, 5) is 61.1. The number of piperazine rings is 1. The van der Waals surface area contributed by atoms with Crippen molar-refractivity contribution in [2.75, 3.05) is 64.3 Å². The Morgan fingerprint density at radius 1 is 0.983 bits per heavy atom. The van der Waals surface area contributed by atoms with E-state index in [9.17, 15) is 18.6 Å². The Morgan fingerprint density at radius 2 is 1.65 bits per heavy atom. The summed E-state index contributed by atoms with van der Waals surface area (Å²) in [5, 5.41) is 12.0. The van der Waals surface area contributed by atoms with Crippen LogP contribution in [0.4, 0.5) is 5.95 Å². The highest BCUT2D eigenvalue weighted by Gasteiger charge is 2.25. The van der Waals surface area contributed by atoms with Gasteiger partial charge in [0.15, 0.2) is 16.0 Å². The zero-order chi connectivity index (χ0) is 43.3. The lowest BCUT2D eigenvalue weighted by Crippen LogP contribution is -2.43. The van der Waals surface area contributed by atoms with Gasteiger partial charge in [0.2, 0.25) is 11.9 Å². The predicted octanol–water partition coefficient (Wildman–Crippen LogP) is 0.837. The van der Waals surface area contributed by atoms with Crippen molar-refractivity contribution in [3.8, 4) is 5.75 Å². The van der Waals surface area contributed by atoms with Crippen LogP contribution in [0.25, 0.3) is 11.0 Å². The Morgan fingerprint density at radius 3 is 2.30 bits per heavy atom. The fourth-order valence-electron chi connectivity index (χ4n) is 6.74. The van der Waals surface area contributed by atoms with Crippen LogP contribution < -0.4 is 42.5 Å². The fraction of sp³-hybridized carbons (Fsp3) is 0.462. The second-order valence-corrected chi connectivity index (χ2v) is 16.3. The number of nitrogens with zero attached hydrogens (tertiary/aromatic N) is 8. The molecule has 3 amide bonds. The first-order valence-corrected chi connectivity index (χ1v) is 21.8. The van der Waals surface area contributed by atoms with Gasteiger partial charge in [-0.3, -0.25) is 29.7 Å². The van der Waals surface area contributed by atoms with Gasteiger partial charge < -0.3 is 41.3 Å². The van der Waals surface area contributed by atoms with Gasteiger partial charge in [0, 0.05) is 106 Å². The highest BCUT2D eigenvalue weighted by atomic mass is 32.2. The van der Waals surface area contributed by atoms with E-state index in [-0.39, 0.29) is 29.5 Å². The van der Waals surface area contributed by atoms with Gasteiger partial charge in [0.1, 0.15) is 22.7 Å². The third kappa shape index (κ3) is 12.1. The Labute approximate surface area is 355 Å². The number of imidazole rings is 1. The summed E-state index contributed by atoms with van der Waals surface area (Å²) in [6.45, 7) is 14.0. The highest BCUT2D eigenvalue weighted by Crippen LogP contribution is 2.31. The van der Waals surface area contributed by atoms with E-state index in [1.54, 1.807) is 34.9 Å². The number of amides is 3. The van der Waals surface area contributed by atoms with Crippen molar-refractivity contribution in [2.45, 2.75) is 60.2 Å². The third-order valence-electron chi connectivity index (χ3n) is 9.45. The van der Waals surface area contributed by atoms with Crippen LogP contribution in [0.15, 0.2) is 62.8 Å². The molecule has 2 aliphatic heterocycles. The van der Waals surface area contributed by atoms with Crippen LogP contribution in [0.1, 0.15) is 55.0 Å². The van der Waals surface area contributed by atoms with E-state index in [4.69, 9.17) is 32.1 Å². The SMILES string of the molecule is CCN=C(/C=C(/C)N)C(=O)N=c1sc2c(n1C/C=C/Cn1c(NC(=O)C(/C=C(/C)N)=NCC)nc3cc(C(N)=O)cc(OCCCN4CCNCC4)c31)CCN(S(N)=O)C2. The molecule has 1 atom stereocenters. The first-order chi connectivity index (χ1) is 28.8. The number of aromatic nitrogens is 3. The van der Waals surface area contributed by atoms with Crippen molar-refractivity contribution in [1.29, 1.82) is 0 Å². The van der Waals surface area contributed by atoms with Gasteiger partial charge in [-0.1, -0.05) is 23.5 Å². The van der Waals surface area contributed by atoms with Crippen molar-refractivity contribution in [3.63, 3.8) is 0 Å². The minimum atomic E-state index is -1.66. The Balaban J connectivity index is 1.53. The molecule has 1 fully saturated rings. The predicted molar refractivity (Wildman–Crippen MR) is 237 cm³/mol. The number of hydrogen-bond acceptors (Lipinski definition) is 13. The summed E-state index contributed by atoms with van der Waals surface area (Å²) in [5.41, 5.74) is 20.7. The van der Waals surface area contributed by atoms with Gasteiger partial charge in [-0.25, -0.2) is 18.6 Å². The minimum absolute atomic E-state index is 0.125. The number of hydrogen-bond donors (Lipinski definition) is 6. The molecule has 0 spiro atoms. The lowest BCUT2D eigenvalue weighted by atomic mass is 10.1. The average Bonchev–Trinajstić information content (AvgIpc) is 3.73. The molecule has 19 nitrogen and oxygen atoms in total. The summed E-state index contributed by atoms with van der Waals surface area (Å²) in [6, 6.07) is 3.17. The van der Waals surface area contributed by atoms with Crippen LogP contribution in [-0.2, 0) is 46.8 Å². The van der Waals surface area contributed by atoms with Crippen LogP contribution >= 0.6 is 11.3 Å². The smallest absolute Gasteiger partial charge is 0.297 e. The number of nitrogens with two attached hydrogens (primary N) is 4. The number of benzene rings is 1. The summed E-state index contributed by atoms with van der Waals surface area (Å²) < 4.78 is 23.9. The van der Waals surface area contributed by atoms with E-state index < -0.39 is 28.9 Å². The molecule has 21 heteroatoms. The molecule has 10 N–H and O–H groups in total. The first-order valence-electron chi connectivity index (χ1n) is 19.8. The van der Waals surface area contributed by atoms with Crippen LogP contribution in [0.3, 0.4) is 0 Å². The second-order valence-electron chi connectivity index (χ2n) is 14.1. The third-order valence-corrected chi connectivity index (χ3v) is 11.4. The van der Waals surface area contributed by atoms with Crippen molar-refractivity contribution in [2.24, 2.45) is 37.3 Å². The molecule has 1 aromatic carbocycles. The minimum Gasteiger partial charge on any atom is -0.491 e. The van der Waals surface area contributed by atoms with Gasteiger partial charge in [-0.2, -0.15) is 4.99 Å². The molecule has 2 aliphatic rings. The molecule has 0 aliphatic carbocycles. The standard InChI is InChI=1S/C39H56N14O5S2/c1-5-45-29(20-25(3)40)36(55)48-38-47-28-22-27(35(42)54)23-32(58-19-9-13-50-17-11-44-12-18-50)34(28)53(38)15-8-7-14-52-31-10-16-51(60(43)57)24-33(31)59-39(52)49-37(56)30(46-6-2)21-26(4)41/h7-8,20-23,44H,5-6,9-19,24,40-41,43H2,1-4H3,(H2,42,54)(H,47,48,55)/b8-7+,25-20-,26-21-,45-29?,46-30?,49-39?. The lowest BCUT2D eigenvalue weighted by molar-refractivity contribution is -0.112. The second kappa shape index (κ2) is 21.8. The number of anilines is 1. The van der Waals surface area contributed by atoms with E-state index in [0.29, 0.717) is 78.7 Å². The van der Waals surface area contributed by atoms with Crippen LogP contribution in [0, 0.1) is 0 Å². The molecule has 60 heavy (non-hydrogen) atoms. The number of aliphatic imine (C=N–C) groups is 2. The number of thiazole rings is 1. The molecule has 2 aromatic heterocycles. The normalized spacial score (nSPS) is 17.1. The summed E-state index contributed by atoms with van der Waals surface area (Å²) >= 11 is -0.340. The Kier molecular flexibility index (Phi) is 16.6. The maximum Gasteiger partial charge on any atom is 0.297 e. The summed E-state index contributed by atoms with van der Waals surface area (Å²) in [6.07, 6.45) is 8.08. The summed E-state index contributed by atoms with van der Waals surface area (Å²) in [5.74, 6) is -1.14. The van der Waals surface area contributed by atoms with Gasteiger partial charge in [-0.15, -0.1) is 0 Å². The van der Waals surface area contributed by atoms with Crippen LogP contribution in [-0.4, -0.2) is 116 Å². The Hall–Kier alpha value is -5.32. The van der Waals surface area contributed by atoms with E-state index in [1.807, 2.05) is 30.6 Å². The number of fused-ring (bicyclic) bond motifs is 2. The van der Waals surface area contributed by atoms with Crippen molar-refractivity contribution >= 4 is 68.6 Å². The average molecular weight is 865 g/mol. The molecular formula is C39H56N14O5S2. The number of nitrogens with one attached hydrogen (secondary N) is 2. The van der Waals surface area contributed by atoms with Crippen LogP contribution in [0.5, 0.6) is 5.75 Å². The summed E-state index contributed by atoms with van der Waals surface area (Å²) in [7, 11) is 0. The number of primary amides is 1. The molecule has 324 valence electrons. The quantitative estimate of drug-likeness (QED) is 0.0596. The van der Waals surface area contributed by atoms with E-state index in [0.717, 1.165) is 49.7 Å². The number of ether oxygens (including phenoxy) is 1. The molecule has 0 radical (unpaired) electrons. The number of carbonyl (C=O) groups excluding carboxylic acids is 3. The maximum absolute atomic E-state index is 13.6. The van der Waals surface area contributed by atoms with Crippen LogP contribution in [0.2, 0.25) is 0 Å². The van der Waals surface area contributed by atoms with Gasteiger partial charge >= 0.3 is 0 Å². The number of rotatable bonds is 18. The first kappa shape index (κ1) is 45.8. The van der Waals surface area contributed by atoms with Gasteiger partial charge in [-0.05, 0) is 58.4 Å². The Bertz CT molecular complexity index is 2310. The maximum atomic E-state index is 13.6. The van der Waals surface area contributed by atoms with E-state index in [2.05, 4.69) is 30.5 Å². The molecule has 5 rings (SSSR count). The topological polar surface area (TPSA) is 272 Å². The van der Waals surface area contributed by atoms with E-state index in [1.165, 1.54) is 23.5 Å². The molecule has 1 unspecified atom stereocenters. The molecular weight excluding hydrogens is 809 g/mol. The molecule has 0 bridgehead atoms. The molecule has 4 heterocycles. The zero-order valence-electron chi connectivity index (χ0n) is 34.6. The largest absolute Gasteiger partial charge is 0.491 e. The van der Waals surface area contributed by atoms with Gasteiger partial charge in [0.25, 0.3) is 11.8 Å². The van der Waals surface area contributed by atoms with E-state index >= 15 is 0 Å². The van der Waals surface area contributed by atoms with Crippen molar-refractivity contribution in [3.05, 3.63) is 68.8 Å². The van der Waals surface area contributed by atoms with Gasteiger partial charge in [0.05, 0.1) is 12.1 Å². The fourth-order valence-corrected chi connectivity index (χ4v) is 8.55. The number of allylic oxidation sites excluding steroid dienone is 4. The number of carbonyl (C=O) groups is 3. The zero-order valence-corrected chi connectivity index (χ0v) is 36.2. The lowest BCUT2D eigenvalue weighted by Gasteiger charge is -2.27. The monoisotopic (exact) mass is 864 g/mol. The van der Waals surface area contributed by atoms with Crippen molar-refractivity contribution in [1.82, 2.24) is 28.6 Å². The molecule has 1 saturated heterocycles. The molecule has 0 saturated carbocycles.